The van der Waals surface area contributed by atoms with Gasteiger partial charge in [0.05, 0.1) is 0 Å². The van der Waals surface area contributed by atoms with Crippen LogP contribution in [0.5, 0.6) is 11.6 Å². The van der Waals surface area contributed by atoms with E-state index in [1.807, 2.05) is 0 Å². The Balaban J connectivity index is 2.40. The number of ether oxygens (including phenoxy) is 1. The molecule has 0 unspecified atom stereocenters. The highest BCUT2D eigenvalue weighted by Gasteiger charge is 2.15. The molecule has 0 aliphatic rings. The lowest BCUT2D eigenvalue weighted by atomic mass is 10.3. The van der Waals surface area contributed by atoms with Gasteiger partial charge in [0.15, 0.2) is 17.4 Å². The van der Waals surface area contributed by atoms with Gasteiger partial charge >= 0.3 is 0 Å². The van der Waals surface area contributed by atoms with E-state index in [4.69, 9.17) is 4.74 Å². The van der Waals surface area contributed by atoms with Crippen molar-refractivity contribution >= 4 is 31.9 Å². The van der Waals surface area contributed by atoms with Crippen molar-refractivity contribution in [2.75, 3.05) is 0 Å². The maximum atomic E-state index is 13.4. The summed E-state index contributed by atoms with van der Waals surface area (Å²) < 4.78 is 45.5. The summed E-state index contributed by atoms with van der Waals surface area (Å²) in [6.45, 7) is 0. The van der Waals surface area contributed by atoms with Crippen molar-refractivity contribution in [3.05, 3.63) is 50.8 Å². The highest BCUT2D eigenvalue weighted by Crippen LogP contribution is 2.30. The Morgan fingerprint density at radius 1 is 0.944 bits per heavy atom. The van der Waals surface area contributed by atoms with Crippen LogP contribution >= 0.6 is 31.9 Å². The van der Waals surface area contributed by atoms with E-state index in [1.165, 1.54) is 12.3 Å². The molecule has 0 aliphatic carbocycles. The number of nitrogens with zero attached hydrogens (tertiary/aromatic N) is 1. The second-order valence-electron chi connectivity index (χ2n) is 3.24. The van der Waals surface area contributed by atoms with E-state index in [0.29, 0.717) is 4.47 Å². The number of pyridine rings is 1. The van der Waals surface area contributed by atoms with Gasteiger partial charge in [-0.05, 0) is 34.1 Å². The van der Waals surface area contributed by atoms with Gasteiger partial charge in [-0.3, -0.25) is 0 Å². The maximum Gasteiger partial charge on any atom is 0.256 e. The Kier molecular flexibility index (Phi) is 3.91. The van der Waals surface area contributed by atoms with Crippen LogP contribution in [0.4, 0.5) is 13.2 Å². The summed E-state index contributed by atoms with van der Waals surface area (Å²) in [5.41, 5.74) is 0. The summed E-state index contributed by atoms with van der Waals surface area (Å²) in [5, 5.41) is 0. The SMILES string of the molecule is Fc1cc(Br)cnc1Oc1cc(Br)cc(F)c1F. The first-order valence-electron chi connectivity index (χ1n) is 4.61. The van der Waals surface area contributed by atoms with Gasteiger partial charge in [-0.2, -0.15) is 4.39 Å². The molecule has 0 bridgehead atoms. The van der Waals surface area contributed by atoms with Crippen LogP contribution < -0.4 is 4.74 Å². The average molecular weight is 383 g/mol. The third-order valence-electron chi connectivity index (χ3n) is 1.94. The van der Waals surface area contributed by atoms with Crippen LogP contribution in [0.15, 0.2) is 33.3 Å². The van der Waals surface area contributed by atoms with Gasteiger partial charge in [-0.25, -0.2) is 13.8 Å². The summed E-state index contributed by atoms with van der Waals surface area (Å²) in [5.74, 6) is -3.98. The van der Waals surface area contributed by atoms with Crippen LogP contribution in [0.1, 0.15) is 0 Å². The second kappa shape index (κ2) is 5.27. The number of aromatic nitrogens is 1. The van der Waals surface area contributed by atoms with E-state index in [1.54, 1.807) is 0 Å². The fourth-order valence-electron chi connectivity index (χ4n) is 1.19. The van der Waals surface area contributed by atoms with Crippen LogP contribution in [-0.4, -0.2) is 4.98 Å². The third kappa shape index (κ3) is 2.84. The van der Waals surface area contributed by atoms with Crippen molar-refractivity contribution < 1.29 is 17.9 Å². The molecule has 1 aromatic heterocycles. The highest BCUT2D eigenvalue weighted by atomic mass is 79.9. The highest BCUT2D eigenvalue weighted by molar-refractivity contribution is 9.10. The number of rotatable bonds is 2. The Labute approximate surface area is 117 Å². The predicted molar refractivity (Wildman–Crippen MR) is 66.0 cm³/mol. The summed E-state index contributed by atoms with van der Waals surface area (Å²) in [6.07, 6.45) is 1.28. The fraction of sp³-hybridized carbons (Fsp3) is 0. The summed E-state index contributed by atoms with van der Waals surface area (Å²) >= 11 is 6.00. The van der Waals surface area contributed by atoms with Crippen molar-refractivity contribution in [2.45, 2.75) is 0 Å². The largest absolute Gasteiger partial charge is 0.433 e. The van der Waals surface area contributed by atoms with Crippen LogP contribution in [-0.2, 0) is 0 Å². The predicted octanol–water partition coefficient (Wildman–Crippen LogP) is 4.82. The van der Waals surface area contributed by atoms with Crippen LogP contribution in [0.2, 0.25) is 0 Å². The van der Waals surface area contributed by atoms with E-state index in [0.717, 1.165) is 12.1 Å². The topological polar surface area (TPSA) is 22.1 Å². The molecule has 7 heteroatoms. The summed E-state index contributed by atoms with van der Waals surface area (Å²) in [4.78, 5) is 3.63. The molecule has 1 aromatic carbocycles. The molecule has 0 saturated heterocycles. The minimum Gasteiger partial charge on any atom is -0.433 e. The molecule has 0 atom stereocenters. The molecular formula is C11H4Br2F3NO. The van der Waals surface area contributed by atoms with Crippen LogP contribution in [0, 0.1) is 17.5 Å². The van der Waals surface area contributed by atoms with Gasteiger partial charge in [0, 0.05) is 15.1 Å². The lowest BCUT2D eigenvalue weighted by Gasteiger charge is -2.07. The van der Waals surface area contributed by atoms with Crippen molar-refractivity contribution in [3.8, 4) is 11.6 Å². The molecule has 94 valence electrons. The zero-order chi connectivity index (χ0) is 13.3. The molecular weight excluding hydrogens is 379 g/mol. The van der Waals surface area contributed by atoms with E-state index in [-0.39, 0.29) is 4.47 Å². The van der Waals surface area contributed by atoms with Crippen LogP contribution in [0.3, 0.4) is 0 Å². The third-order valence-corrected chi connectivity index (χ3v) is 2.83. The molecule has 2 aromatic rings. The van der Waals surface area contributed by atoms with Gasteiger partial charge in [-0.15, -0.1) is 0 Å². The lowest BCUT2D eigenvalue weighted by Crippen LogP contribution is -1.96. The molecule has 0 fully saturated rings. The molecule has 0 saturated carbocycles. The van der Waals surface area contributed by atoms with Crippen molar-refractivity contribution in [3.63, 3.8) is 0 Å². The number of hydrogen-bond acceptors (Lipinski definition) is 2. The van der Waals surface area contributed by atoms with E-state index < -0.39 is 29.1 Å². The summed E-state index contributed by atoms with van der Waals surface area (Å²) in [7, 11) is 0. The quantitative estimate of drug-likeness (QED) is 0.695. The molecule has 0 amide bonds. The number of benzene rings is 1. The zero-order valence-electron chi connectivity index (χ0n) is 8.55. The fourth-order valence-corrected chi connectivity index (χ4v) is 1.90. The Morgan fingerprint density at radius 2 is 1.61 bits per heavy atom. The molecule has 2 nitrogen and oxygen atoms in total. The smallest absolute Gasteiger partial charge is 0.256 e. The monoisotopic (exact) mass is 381 g/mol. The van der Waals surface area contributed by atoms with Gasteiger partial charge in [0.1, 0.15) is 0 Å². The van der Waals surface area contributed by atoms with Crippen molar-refractivity contribution in [1.29, 1.82) is 0 Å². The molecule has 0 N–H and O–H groups in total. The number of halogens is 5. The van der Waals surface area contributed by atoms with Crippen LogP contribution in [0.25, 0.3) is 0 Å². The minimum atomic E-state index is -1.21. The molecule has 18 heavy (non-hydrogen) atoms. The van der Waals surface area contributed by atoms with E-state index in [9.17, 15) is 13.2 Å². The molecule has 1 heterocycles. The Hall–Kier alpha value is -1.08. The standard InChI is InChI=1S/C11H4Br2F3NO/c12-5-1-7(14)10(16)9(3-5)18-11-8(15)2-6(13)4-17-11/h1-4H. The first-order chi connectivity index (χ1) is 8.47. The first kappa shape index (κ1) is 13.4. The van der Waals surface area contributed by atoms with E-state index >= 15 is 0 Å². The molecule has 0 radical (unpaired) electrons. The summed E-state index contributed by atoms with van der Waals surface area (Å²) in [6, 6.07) is 3.23. The zero-order valence-corrected chi connectivity index (χ0v) is 11.7. The maximum absolute atomic E-state index is 13.4. The van der Waals surface area contributed by atoms with Gasteiger partial charge < -0.3 is 4.74 Å². The van der Waals surface area contributed by atoms with Crippen molar-refractivity contribution in [2.24, 2.45) is 0 Å². The molecule has 0 aliphatic heterocycles. The van der Waals surface area contributed by atoms with Gasteiger partial charge in [0.2, 0.25) is 5.82 Å². The normalized spacial score (nSPS) is 10.5. The molecule has 0 spiro atoms. The Morgan fingerprint density at radius 3 is 2.28 bits per heavy atom. The average Bonchev–Trinajstić information content (AvgIpc) is 2.29. The first-order valence-corrected chi connectivity index (χ1v) is 6.19. The van der Waals surface area contributed by atoms with Crippen molar-refractivity contribution in [1.82, 2.24) is 4.98 Å². The lowest BCUT2D eigenvalue weighted by molar-refractivity contribution is 0.383. The minimum absolute atomic E-state index is 0.272. The second-order valence-corrected chi connectivity index (χ2v) is 5.07. The van der Waals surface area contributed by atoms with E-state index in [2.05, 4.69) is 36.8 Å². The number of hydrogen-bond donors (Lipinski definition) is 0. The Bertz CT molecular complexity index is 607. The molecule has 2 rings (SSSR count). The van der Waals surface area contributed by atoms with Gasteiger partial charge in [0.25, 0.3) is 5.88 Å². The van der Waals surface area contributed by atoms with Gasteiger partial charge in [-0.1, -0.05) is 15.9 Å².